The van der Waals surface area contributed by atoms with E-state index in [2.05, 4.69) is 11.4 Å². The van der Waals surface area contributed by atoms with Gasteiger partial charge in [0.1, 0.15) is 12.3 Å². The maximum atomic E-state index is 13.5. The molecule has 186 valence electrons. The number of nitrogens with one attached hydrogen (secondary N) is 1. The van der Waals surface area contributed by atoms with Gasteiger partial charge in [0.2, 0.25) is 12.7 Å². The molecule has 9 nitrogen and oxygen atoms in total. The second-order valence-corrected chi connectivity index (χ2v) is 8.91. The van der Waals surface area contributed by atoms with E-state index < -0.39 is 6.03 Å². The molecule has 1 aromatic heterocycles. The first-order chi connectivity index (χ1) is 17.4. The third-order valence-corrected chi connectivity index (χ3v) is 5.53. The molecule has 0 atom stereocenters. The molecule has 0 fully saturated rings. The first-order valence-electron chi connectivity index (χ1n) is 11.7. The number of furan rings is 1. The molecule has 4 rings (SSSR count). The van der Waals surface area contributed by atoms with Crippen molar-refractivity contribution in [1.29, 1.82) is 5.26 Å². The van der Waals surface area contributed by atoms with Gasteiger partial charge in [-0.1, -0.05) is 26.0 Å². The fourth-order valence-corrected chi connectivity index (χ4v) is 3.87. The summed E-state index contributed by atoms with van der Waals surface area (Å²) in [6, 6.07) is 17.4. The number of carbonyl (C=O) groups is 2. The van der Waals surface area contributed by atoms with Crippen LogP contribution in [0.25, 0.3) is 0 Å². The van der Waals surface area contributed by atoms with Crippen LogP contribution in [-0.2, 0) is 17.9 Å². The van der Waals surface area contributed by atoms with E-state index in [9.17, 15) is 9.59 Å². The summed E-state index contributed by atoms with van der Waals surface area (Å²) < 4.78 is 16.3. The zero-order valence-electron chi connectivity index (χ0n) is 20.3. The van der Waals surface area contributed by atoms with E-state index in [0.717, 1.165) is 5.56 Å². The third kappa shape index (κ3) is 6.36. The first-order valence-corrected chi connectivity index (χ1v) is 11.7. The van der Waals surface area contributed by atoms with Gasteiger partial charge in [0.05, 0.1) is 24.4 Å². The van der Waals surface area contributed by atoms with Crippen LogP contribution in [0.4, 0.5) is 10.5 Å². The molecule has 3 aromatic rings. The number of amides is 3. The standard InChI is InChI=1S/C27H28N4O5/c1-19(2)14-31(27(33)29-22-6-3-5-20(11-22)13-28)17-26(32)30(16-23-7-4-10-34-23)15-21-8-9-24-25(12-21)36-18-35-24/h3-12,19H,14-18H2,1-2H3,(H,29,33). The molecule has 2 aromatic carbocycles. The topological polar surface area (TPSA) is 108 Å². The molecule has 1 aliphatic heterocycles. The normalized spacial score (nSPS) is 11.7. The van der Waals surface area contributed by atoms with E-state index >= 15 is 0 Å². The van der Waals surface area contributed by atoms with Crippen LogP contribution >= 0.6 is 0 Å². The van der Waals surface area contributed by atoms with Gasteiger partial charge in [0, 0.05) is 18.8 Å². The molecular formula is C27H28N4O5. The summed E-state index contributed by atoms with van der Waals surface area (Å²) >= 11 is 0. The highest BCUT2D eigenvalue weighted by Gasteiger charge is 2.24. The third-order valence-electron chi connectivity index (χ3n) is 5.53. The number of benzene rings is 2. The van der Waals surface area contributed by atoms with Gasteiger partial charge >= 0.3 is 6.03 Å². The van der Waals surface area contributed by atoms with Crippen molar-refractivity contribution < 1.29 is 23.5 Å². The van der Waals surface area contributed by atoms with Crippen molar-refractivity contribution in [2.45, 2.75) is 26.9 Å². The van der Waals surface area contributed by atoms with Gasteiger partial charge in [-0.05, 0) is 53.9 Å². The number of rotatable bonds is 9. The van der Waals surface area contributed by atoms with Crippen LogP contribution in [0.5, 0.6) is 11.5 Å². The van der Waals surface area contributed by atoms with Crippen LogP contribution in [0, 0.1) is 17.2 Å². The number of nitriles is 1. The van der Waals surface area contributed by atoms with Gasteiger partial charge < -0.3 is 29.0 Å². The van der Waals surface area contributed by atoms with E-state index in [0.29, 0.717) is 41.6 Å². The number of carbonyl (C=O) groups excluding carboxylic acids is 2. The molecule has 0 aliphatic carbocycles. The average Bonchev–Trinajstić information content (AvgIpc) is 3.54. The lowest BCUT2D eigenvalue weighted by Crippen LogP contribution is -2.45. The highest BCUT2D eigenvalue weighted by Crippen LogP contribution is 2.33. The molecule has 1 N–H and O–H groups in total. The van der Waals surface area contributed by atoms with Crippen LogP contribution in [0.1, 0.15) is 30.7 Å². The quantitative estimate of drug-likeness (QED) is 0.472. The Balaban J connectivity index is 1.51. The van der Waals surface area contributed by atoms with Gasteiger partial charge in [-0.3, -0.25) is 4.79 Å². The SMILES string of the molecule is CC(C)CN(CC(=O)N(Cc1ccc2c(c1)OCO2)Cc1ccco1)C(=O)Nc1cccc(C#N)c1. The van der Waals surface area contributed by atoms with E-state index in [1.54, 1.807) is 47.6 Å². The Morgan fingerprint density at radius 2 is 1.86 bits per heavy atom. The Morgan fingerprint density at radius 1 is 1.03 bits per heavy atom. The van der Waals surface area contributed by atoms with Crippen molar-refractivity contribution in [2.24, 2.45) is 5.92 Å². The lowest BCUT2D eigenvalue weighted by molar-refractivity contribution is -0.133. The Morgan fingerprint density at radius 3 is 2.61 bits per heavy atom. The molecule has 2 heterocycles. The molecule has 0 unspecified atom stereocenters. The predicted molar refractivity (Wildman–Crippen MR) is 132 cm³/mol. The number of hydrogen-bond acceptors (Lipinski definition) is 6. The van der Waals surface area contributed by atoms with Crippen molar-refractivity contribution in [1.82, 2.24) is 9.80 Å². The van der Waals surface area contributed by atoms with E-state index in [-0.39, 0.29) is 31.7 Å². The smallest absolute Gasteiger partial charge is 0.322 e. The van der Waals surface area contributed by atoms with Crippen LogP contribution < -0.4 is 14.8 Å². The van der Waals surface area contributed by atoms with Crippen LogP contribution in [-0.4, -0.2) is 41.6 Å². The zero-order valence-corrected chi connectivity index (χ0v) is 20.3. The fraction of sp³-hybridized carbons (Fsp3) is 0.296. The Bertz CT molecular complexity index is 1250. The number of hydrogen-bond donors (Lipinski definition) is 1. The first kappa shape index (κ1) is 24.7. The Hall–Kier alpha value is -4.45. The maximum Gasteiger partial charge on any atom is 0.322 e. The van der Waals surface area contributed by atoms with E-state index in [1.165, 1.54) is 4.90 Å². The highest BCUT2D eigenvalue weighted by atomic mass is 16.7. The lowest BCUT2D eigenvalue weighted by atomic mass is 10.1. The molecular weight excluding hydrogens is 460 g/mol. The highest BCUT2D eigenvalue weighted by molar-refractivity contribution is 5.92. The van der Waals surface area contributed by atoms with Gasteiger partial charge in [0.25, 0.3) is 0 Å². The van der Waals surface area contributed by atoms with Crippen LogP contribution in [0.3, 0.4) is 0 Å². The predicted octanol–water partition coefficient (Wildman–Crippen LogP) is 4.60. The van der Waals surface area contributed by atoms with Gasteiger partial charge in [-0.25, -0.2) is 4.79 Å². The molecule has 3 amide bonds. The summed E-state index contributed by atoms with van der Waals surface area (Å²) in [6.45, 7) is 4.95. The van der Waals surface area contributed by atoms with Gasteiger partial charge in [-0.15, -0.1) is 0 Å². The van der Waals surface area contributed by atoms with E-state index in [1.807, 2.05) is 32.0 Å². The zero-order chi connectivity index (χ0) is 25.5. The van der Waals surface area contributed by atoms with Crippen molar-refractivity contribution in [3.63, 3.8) is 0 Å². The number of urea groups is 1. The second kappa shape index (κ2) is 11.3. The van der Waals surface area contributed by atoms with Crippen molar-refractivity contribution in [3.05, 3.63) is 77.7 Å². The minimum atomic E-state index is -0.409. The molecule has 0 radical (unpaired) electrons. The molecule has 36 heavy (non-hydrogen) atoms. The van der Waals surface area contributed by atoms with Crippen LogP contribution in [0.2, 0.25) is 0 Å². The number of ether oxygens (including phenoxy) is 2. The number of anilines is 1. The van der Waals surface area contributed by atoms with E-state index in [4.69, 9.17) is 19.2 Å². The summed E-state index contributed by atoms with van der Waals surface area (Å²) in [5, 5.41) is 11.9. The molecule has 0 saturated carbocycles. The summed E-state index contributed by atoms with van der Waals surface area (Å²) in [5.41, 5.74) is 1.80. The molecule has 1 aliphatic rings. The monoisotopic (exact) mass is 488 g/mol. The van der Waals surface area contributed by atoms with Crippen molar-refractivity contribution in [2.75, 3.05) is 25.2 Å². The molecule has 0 saturated heterocycles. The number of fused-ring (bicyclic) bond motifs is 1. The summed E-state index contributed by atoms with van der Waals surface area (Å²) in [5.74, 6) is 1.85. The Labute approximate surface area is 209 Å². The van der Waals surface area contributed by atoms with Crippen LogP contribution in [0.15, 0.2) is 65.3 Å². The molecule has 9 heteroatoms. The molecule has 0 spiro atoms. The maximum absolute atomic E-state index is 13.5. The lowest BCUT2D eigenvalue weighted by Gasteiger charge is -2.28. The summed E-state index contributed by atoms with van der Waals surface area (Å²) in [6.07, 6.45) is 1.56. The number of nitrogens with zero attached hydrogens (tertiary/aromatic N) is 3. The van der Waals surface area contributed by atoms with Gasteiger partial charge in [0.15, 0.2) is 11.5 Å². The Kier molecular flexibility index (Phi) is 7.75. The summed E-state index contributed by atoms with van der Waals surface area (Å²) in [4.78, 5) is 29.8. The fourth-order valence-electron chi connectivity index (χ4n) is 3.87. The minimum Gasteiger partial charge on any atom is -0.467 e. The molecule has 0 bridgehead atoms. The largest absolute Gasteiger partial charge is 0.467 e. The van der Waals surface area contributed by atoms with Gasteiger partial charge in [-0.2, -0.15) is 5.26 Å². The second-order valence-electron chi connectivity index (χ2n) is 8.91. The minimum absolute atomic E-state index is 0.118. The van der Waals surface area contributed by atoms with Crippen molar-refractivity contribution >= 4 is 17.6 Å². The van der Waals surface area contributed by atoms with Crippen molar-refractivity contribution in [3.8, 4) is 17.6 Å². The summed E-state index contributed by atoms with van der Waals surface area (Å²) in [7, 11) is 0. The average molecular weight is 489 g/mol.